The number of rotatable bonds is 5. The van der Waals surface area contributed by atoms with Crippen molar-refractivity contribution in [1.29, 1.82) is 0 Å². The van der Waals surface area contributed by atoms with E-state index in [1.807, 2.05) is 24.3 Å². The number of cyclic esters (lactones) is 1. The second-order valence-corrected chi connectivity index (χ2v) is 8.86. The van der Waals surface area contributed by atoms with E-state index in [9.17, 15) is 9.59 Å². The number of morpholine rings is 1. The monoisotopic (exact) mass is 429 g/mol. The van der Waals surface area contributed by atoms with Crippen molar-refractivity contribution in [2.45, 2.75) is 50.3 Å². The van der Waals surface area contributed by atoms with E-state index in [1.54, 1.807) is 4.90 Å². The third-order valence-corrected chi connectivity index (χ3v) is 6.88. The molecule has 0 N–H and O–H groups in total. The molecule has 0 aromatic heterocycles. The Morgan fingerprint density at radius 3 is 2.39 bits per heavy atom. The van der Waals surface area contributed by atoms with Crippen LogP contribution in [0, 0.1) is 0 Å². The van der Waals surface area contributed by atoms with E-state index in [-0.39, 0.29) is 18.6 Å². The fourth-order valence-electron chi connectivity index (χ4n) is 4.98. The van der Waals surface area contributed by atoms with Crippen molar-refractivity contribution in [3.63, 3.8) is 0 Å². The molecule has 4 aliphatic rings. The minimum atomic E-state index is -0.630. The topological polar surface area (TPSA) is 71.6 Å². The zero-order chi connectivity index (χ0) is 21.2. The first-order valence-electron chi connectivity index (χ1n) is 11.5. The Kier molecular flexibility index (Phi) is 6.00. The lowest BCUT2D eigenvalue weighted by Gasteiger charge is -2.44. The number of piperidine rings is 1. The molecule has 3 heterocycles. The van der Waals surface area contributed by atoms with Crippen LogP contribution in [0.4, 0.5) is 10.5 Å². The zero-order valence-electron chi connectivity index (χ0n) is 17.9. The first kappa shape index (κ1) is 20.6. The van der Waals surface area contributed by atoms with Crippen LogP contribution in [0.3, 0.4) is 0 Å². The van der Waals surface area contributed by atoms with Crippen LogP contribution in [0.1, 0.15) is 32.1 Å². The maximum Gasteiger partial charge on any atom is 0.415 e. The number of carbonyl (C=O) groups excluding carboxylic acids is 2. The molecule has 168 valence electrons. The fourth-order valence-corrected chi connectivity index (χ4v) is 4.98. The highest BCUT2D eigenvalue weighted by Crippen LogP contribution is 2.33. The molecular weight excluding hydrogens is 398 g/mol. The van der Waals surface area contributed by atoms with Gasteiger partial charge in [-0.05, 0) is 50.2 Å². The maximum atomic E-state index is 12.9. The molecular formula is C23H31N3O5. The van der Waals surface area contributed by atoms with E-state index >= 15 is 0 Å². The Bertz CT molecular complexity index is 783. The number of anilines is 1. The molecule has 0 bridgehead atoms. The summed E-state index contributed by atoms with van der Waals surface area (Å²) >= 11 is 0. The lowest BCUT2D eigenvalue weighted by atomic mass is 9.86. The Morgan fingerprint density at radius 2 is 1.68 bits per heavy atom. The van der Waals surface area contributed by atoms with Crippen molar-refractivity contribution in [1.82, 2.24) is 9.80 Å². The molecule has 31 heavy (non-hydrogen) atoms. The van der Waals surface area contributed by atoms with Gasteiger partial charge in [-0.1, -0.05) is 6.42 Å². The average Bonchev–Trinajstić information content (AvgIpc) is 3.18. The summed E-state index contributed by atoms with van der Waals surface area (Å²) in [6.07, 6.45) is 5.93. The Labute approximate surface area is 183 Å². The van der Waals surface area contributed by atoms with Crippen LogP contribution in [0.25, 0.3) is 0 Å². The highest BCUT2D eigenvalue weighted by Gasteiger charge is 2.41. The van der Waals surface area contributed by atoms with E-state index in [0.717, 1.165) is 18.6 Å². The van der Waals surface area contributed by atoms with Gasteiger partial charge in [0.15, 0.2) is 6.04 Å². The quantitative estimate of drug-likeness (QED) is 0.715. The Balaban J connectivity index is 1.18. The summed E-state index contributed by atoms with van der Waals surface area (Å²) in [4.78, 5) is 31.1. The van der Waals surface area contributed by atoms with Gasteiger partial charge in [-0.25, -0.2) is 4.79 Å². The van der Waals surface area contributed by atoms with Crippen LogP contribution in [-0.4, -0.2) is 86.0 Å². The second-order valence-electron chi connectivity index (χ2n) is 8.86. The van der Waals surface area contributed by atoms with Crippen molar-refractivity contribution < 1.29 is 23.8 Å². The van der Waals surface area contributed by atoms with Crippen molar-refractivity contribution in [3.8, 4) is 5.75 Å². The molecule has 3 saturated heterocycles. The van der Waals surface area contributed by atoms with Crippen LogP contribution in [0.5, 0.6) is 5.75 Å². The summed E-state index contributed by atoms with van der Waals surface area (Å²) < 4.78 is 16.7. The Morgan fingerprint density at radius 1 is 0.968 bits per heavy atom. The second kappa shape index (κ2) is 9.04. The molecule has 5 rings (SSSR count). The number of ether oxygens (including phenoxy) is 3. The predicted molar refractivity (Wildman–Crippen MR) is 114 cm³/mol. The van der Waals surface area contributed by atoms with Crippen LogP contribution in [0.15, 0.2) is 24.3 Å². The van der Waals surface area contributed by atoms with E-state index in [2.05, 4.69) is 4.90 Å². The van der Waals surface area contributed by atoms with Crippen LogP contribution in [0.2, 0.25) is 0 Å². The minimum Gasteiger partial charge on any atom is -0.490 e. The lowest BCUT2D eigenvalue weighted by molar-refractivity contribution is -0.136. The fraction of sp³-hybridized carbons (Fsp3) is 0.652. The third kappa shape index (κ3) is 4.36. The Hall–Kier alpha value is -2.32. The average molecular weight is 430 g/mol. The predicted octanol–water partition coefficient (Wildman–Crippen LogP) is 2.27. The van der Waals surface area contributed by atoms with Gasteiger partial charge in [0, 0.05) is 37.7 Å². The first-order chi connectivity index (χ1) is 15.2. The number of benzene rings is 1. The molecule has 1 unspecified atom stereocenters. The van der Waals surface area contributed by atoms with Gasteiger partial charge in [-0.2, -0.15) is 0 Å². The molecule has 3 aliphatic heterocycles. The van der Waals surface area contributed by atoms with Crippen molar-refractivity contribution in [2.75, 3.05) is 50.9 Å². The molecule has 8 nitrogen and oxygen atoms in total. The minimum absolute atomic E-state index is 0.0766. The third-order valence-electron chi connectivity index (χ3n) is 6.88. The molecule has 8 heteroatoms. The maximum absolute atomic E-state index is 12.9. The molecule has 1 saturated carbocycles. The molecule has 4 fully saturated rings. The van der Waals surface area contributed by atoms with E-state index < -0.39 is 12.1 Å². The van der Waals surface area contributed by atoms with Crippen LogP contribution < -0.4 is 9.64 Å². The van der Waals surface area contributed by atoms with Gasteiger partial charge in [-0.15, -0.1) is 0 Å². The number of hydrogen-bond donors (Lipinski definition) is 0. The van der Waals surface area contributed by atoms with Crippen molar-refractivity contribution in [3.05, 3.63) is 24.3 Å². The lowest BCUT2D eigenvalue weighted by Crippen LogP contribution is -2.51. The molecule has 1 atom stereocenters. The molecule has 1 aromatic rings. The molecule has 1 aromatic carbocycles. The highest BCUT2D eigenvalue weighted by molar-refractivity contribution is 6.00. The van der Waals surface area contributed by atoms with Gasteiger partial charge in [0.1, 0.15) is 18.5 Å². The molecule has 2 amide bonds. The smallest absolute Gasteiger partial charge is 0.415 e. The number of hydrogen-bond acceptors (Lipinski definition) is 6. The number of amides is 2. The zero-order valence-corrected chi connectivity index (χ0v) is 17.9. The van der Waals surface area contributed by atoms with Gasteiger partial charge in [0.25, 0.3) is 0 Å². The summed E-state index contributed by atoms with van der Waals surface area (Å²) in [5.41, 5.74) is 0.654. The summed E-state index contributed by atoms with van der Waals surface area (Å²) in [6, 6.07) is 7.46. The van der Waals surface area contributed by atoms with E-state index in [0.29, 0.717) is 38.0 Å². The number of likely N-dealkylation sites (tertiary alicyclic amines) is 1. The number of nitrogens with zero attached hydrogens (tertiary/aromatic N) is 3. The van der Waals surface area contributed by atoms with Gasteiger partial charge < -0.3 is 24.0 Å². The van der Waals surface area contributed by atoms with Crippen molar-refractivity contribution in [2.24, 2.45) is 0 Å². The van der Waals surface area contributed by atoms with Gasteiger partial charge in [0.05, 0.1) is 13.2 Å². The largest absolute Gasteiger partial charge is 0.490 e. The van der Waals surface area contributed by atoms with Crippen LogP contribution in [-0.2, 0) is 14.3 Å². The number of carbonyl (C=O) groups is 2. The van der Waals surface area contributed by atoms with E-state index in [4.69, 9.17) is 14.2 Å². The molecule has 0 spiro atoms. The summed E-state index contributed by atoms with van der Waals surface area (Å²) in [6.45, 7) is 4.67. The van der Waals surface area contributed by atoms with Crippen molar-refractivity contribution >= 4 is 17.7 Å². The highest BCUT2D eigenvalue weighted by atomic mass is 16.6. The summed E-state index contributed by atoms with van der Waals surface area (Å²) in [7, 11) is 0. The molecule has 0 radical (unpaired) electrons. The van der Waals surface area contributed by atoms with Gasteiger partial charge in [0.2, 0.25) is 5.91 Å². The van der Waals surface area contributed by atoms with Gasteiger partial charge in [-0.3, -0.25) is 9.69 Å². The first-order valence-corrected chi connectivity index (χ1v) is 11.5. The van der Waals surface area contributed by atoms with Gasteiger partial charge >= 0.3 is 6.09 Å². The standard InChI is InChI=1S/C23H31N3O5/c27-22(25-10-12-29-13-11-25)21-16-30-23(28)26(21)17-4-6-19(7-5-17)31-20-14-18(15-20)24-8-2-1-3-9-24/h4-7,18,20-21H,1-3,8-16H2/t18-,20-,21?. The summed E-state index contributed by atoms with van der Waals surface area (Å²) in [5.74, 6) is 0.710. The van der Waals surface area contributed by atoms with Crippen LogP contribution >= 0.6 is 0 Å². The summed E-state index contributed by atoms with van der Waals surface area (Å²) in [5, 5.41) is 0. The van der Waals surface area contributed by atoms with E-state index in [1.165, 1.54) is 37.3 Å². The SMILES string of the molecule is O=C(C1COC(=O)N1c1ccc(O[C@H]2C[C@H](N3CCCCC3)C2)cc1)N1CCOCC1. The normalized spacial score (nSPS) is 29.4. The molecule has 1 aliphatic carbocycles.